The first-order chi connectivity index (χ1) is 4.57. The van der Waals surface area contributed by atoms with Gasteiger partial charge in [-0.25, -0.2) is 0 Å². The zero-order valence-electron chi connectivity index (χ0n) is 6.24. The van der Waals surface area contributed by atoms with Gasteiger partial charge in [-0.3, -0.25) is 9.69 Å². The molecule has 0 heterocycles. The van der Waals surface area contributed by atoms with Gasteiger partial charge in [0.15, 0.2) is 0 Å². The molecule has 1 atom stereocenters. The van der Waals surface area contributed by atoms with E-state index in [9.17, 15) is 4.79 Å². The van der Waals surface area contributed by atoms with Gasteiger partial charge < -0.3 is 10.2 Å². The van der Waals surface area contributed by atoms with Crippen LogP contribution in [0.25, 0.3) is 0 Å². The van der Waals surface area contributed by atoms with Crippen molar-refractivity contribution in [2.75, 3.05) is 20.2 Å². The molecule has 0 aromatic carbocycles. The van der Waals surface area contributed by atoms with E-state index in [1.165, 1.54) is 0 Å². The van der Waals surface area contributed by atoms with Crippen LogP contribution < -0.4 is 0 Å². The molecule has 0 rings (SSSR count). The van der Waals surface area contributed by atoms with Crippen LogP contribution in [0, 0.1) is 0 Å². The Kier molecular flexibility index (Phi) is 3.99. The summed E-state index contributed by atoms with van der Waals surface area (Å²) in [7, 11) is 1.66. The standard InChI is InChI=1S/C6H13NO3/c1-5(4-8)7(2)3-6(9)10/h5,8H,3-4H2,1-2H3,(H,9,10). The highest BCUT2D eigenvalue weighted by Gasteiger charge is 2.09. The Morgan fingerprint density at radius 1 is 1.70 bits per heavy atom. The van der Waals surface area contributed by atoms with Crippen LogP contribution in [0.1, 0.15) is 6.92 Å². The lowest BCUT2D eigenvalue weighted by molar-refractivity contribution is -0.138. The average Bonchev–Trinajstić information content (AvgIpc) is 1.85. The Hall–Kier alpha value is -0.610. The molecule has 0 saturated heterocycles. The second-order valence-corrected chi connectivity index (χ2v) is 2.34. The van der Waals surface area contributed by atoms with Crippen LogP contribution in [-0.4, -0.2) is 47.3 Å². The fourth-order valence-electron chi connectivity index (χ4n) is 0.509. The lowest BCUT2D eigenvalue weighted by atomic mass is 10.3. The maximum atomic E-state index is 10.1. The van der Waals surface area contributed by atoms with Crippen LogP contribution >= 0.6 is 0 Å². The third-order valence-corrected chi connectivity index (χ3v) is 1.40. The summed E-state index contributed by atoms with van der Waals surface area (Å²) in [6.45, 7) is 1.73. The number of hydrogen-bond donors (Lipinski definition) is 2. The van der Waals surface area contributed by atoms with Gasteiger partial charge in [0.25, 0.3) is 0 Å². The third-order valence-electron chi connectivity index (χ3n) is 1.40. The average molecular weight is 147 g/mol. The van der Waals surface area contributed by atoms with Crippen molar-refractivity contribution in [3.05, 3.63) is 0 Å². The van der Waals surface area contributed by atoms with Gasteiger partial charge in [0.2, 0.25) is 0 Å². The van der Waals surface area contributed by atoms with Gasteiger partial charge in [-0.2, -0.15) is 0 Å². The van der Waals surface area contributed by atoms with Gasteiger partial charge in [0.05, 0.1) is 13.2 Å². The van der Waals surface area contributed by atoms with E-state index in [2.05, 4.69) is 0 Å². The van der Waals surface area contributed by atoms with Crippen LogP contribution in [0.15, 0.2) is 0 Å². The third kappa shape index (κ3) is 3.42. The largest absolute Gasteiger partial charge is 0.480 e. The fraction of sp³-hybridized carbons (Fsp3) is 0.833. The lowest BCUT2D eigenvalue weighted by Gasteiger charge is -2.19. The Labute approximate surface area is 60.1 Å². The van der Waals surface area contributed by atoms with E-state index in [1.807, 2.05) is 0 Å². The van der Waals surface area contributed by atoms with Crippen molar-refractivity contribution in [2.24, 2.45) is 0 Å². The molecule has 0 aromatic heterocycles. The van der Waals surface area contributed by atoms with Crippen LogP contribution in [0.2, 0.25) is 0 Å². The van der Waals surface area contributed by atoms with Gasteiger partial charge in [0.1, 0.15) is 0 Å². The molecule has 0 amide bonds. The summed E-state index contributed by atoms with van der Waals surface area (Å²) < 4.78 is 0. The molecular formula is C6H13NO3. The number of aliphatic hydroxyl groups excluding tert-OH is 1. The zero-order valence-corrected chi connectivity index (χ0v) is 6.24. The number of carboxylic acids is 1. The van der Waals surface area contributed by atoms with E-state index in [1.54, 1.807) is 18.9 Å². The molecule has 0 spiro atoms. The number of aliphatic hydroxyl groups is 1. The summed E-state index contributed by atoms with van der Waals surface area (Å²) >= 11 is 0. The molecule has 1 unspecified atom stereocenters. The van der Waals surface area contributed by atoms with Crippen LogP contribution in [0.5, 0.6) is 0 Å². The van der Waals surface area contributed by atoms with E-state index < -0.39 is 5.97 Å². The minimum Gasteiger partial charge on any atom is -0.480 e. The molecule has 2 N–H and O–H groups in total. The SMILES string of the molecule is CC(CO)N(C)CC(=O)O. The first-order valence-corrected chi connectivity index (χ1v) is 3.10. The molecule has 4 heteroatoms. The van der Waals surface area contributed by atoms with Gasteiger partial charge in [0, 0.05) is 6.04 Å². The summed E-state index contributed by atoms with van der Waals surface area (Å²) in [5.41, 5.74) is 0. The van der Waals surface area contributed by atoms with Gasteiger partial charge in [-0.1, -0.05) is 0 Å². The molecule has 0 aliphatic carbocycles. The molecule has 0 fully saturated rings. The maximum Gasteiger partial charge on any atom is 0.317 e. The lowest BCUT2D eigenvalue weighted by Crippen LogP contribution is -2.35. The summed E-state index contributed by atoms with van der Waals surface area (Å²) in [5, 5.41) is 16.9. The second kappa shape index (κ2) is 4.24. The molecule has 0 aromatic rings. The summed E-state index contributed by atoms with van der Waals surface area (Å²) in [6.07, 6.45) is 0. The molecule has 4 nitrogen and oxygen atoms in total. The van der Waals surface area contributed by atoms with E-state index in [0.717, 1.165) is 0 Å². The number of carbonyl (C=O) groups is 1. The number of likely N-dealkylation sites (N-methyl/N-ethyl adjacent to an activating group) is 1. The van der Waals surface area contributed by atoms with E-state index >= 15 is 0 Å². The quantitative estimate of drug-likeness (QED) is 0.556. The fourth-order valence-corrected chi connectivity index (χ4v) is 0.509. The minimum atomic E-state index is -0.872. The minimum absolute atomic E-state index is 0.0101. The molecule has 0 radical (unpaired) electrons. The number of nitrogens with zero attached hydrogens (tertiary/aromatic N) is 1. The normalized spacial score (nSPS) is 13.6. The van der Waals surface area contributed by atoms with Crippen LogP contribution in [0.3, 0.4) is 0 Å². The molecule has 0 aliphatic heterocycles. The summed E-state index contributed by atoms with van der Waals surface area (Å²) in [6, 6.07) is -0.0869. The van der Waals surface area contributed by atoms with E-state index in [-0.39, 0.29) is 19.2 Å². The zero-order chi connectivity index (χ0) is 8.15. The van der Waals surface area contributed by atoms with Gasteiger partial charge >= 0.3 is 5.97 Å². The molecule has 0 saturated carbocycles. The van der Waals surface area contributed by atoms with Crippen molar-refractivity contribution in [3.63, 3.8) is 0 Å². The van der Waals surface area contributed by atoms with Crippen molar-refractivity contribution in [3.8, 4) is 0 Å². The molecule has 60 valence electrons. The number of aliphatic carboxylic acids is 1. The Bertz CT molecular complexity index is 116. The highest BCUT2D eigenvalue weighted by molar-refractivity contribution is 5.69. The number of hydrogen-bond acceptors (Lipinski definition) is 3. The smallest absolute Gasteiger partial charge is 0.317 e. The first-order valence-electron chi connectivity index (χ1n) is 3.10. The van der Waals surface area contributed by atoms with E-state index in [4.69, 9.17) is 10.2 Å². The maximum absolute atomic E-state index is 10.1. The molecule has 0 aliphatic rings. The summed E-state index contributed by atoms with van der Waals surface area (Å²) in [4.78, 5) is 11.7. The highest BCUT2D eigenvalue weighted by atomic mass is 16.4. The second-order valence-electron chi connectivity index (χ2n) is 2.34. The van der Waals surface area contributed by atoms with Gasteiger partial charge in [-0.05, 0) is 14.0 Å². The molecular weight excluding hydrogens is 134 g/mol. The molecule has 10 heavy (non-hydrogen) atoms. The molecule has 0 bridgehead atoms. The number of rotatable bonds is 4. The predicted octanol–water partition coefficient (Wildman–Crippen LogP) is -0.616. The van der Waals surface area contributed by atoms with Gasteiger partial charge in [-0.15, -0.1) is 0 Å². The predicted molar refractivity (Wildman–Crippen MR) is 36.8 cm³/mol. The van der Waals surface area contributed by atoms with Crippen LogP contribution in [-0.2, 0) is 4.79 Å². The Morgan fingerprint density at radius 2 is 2.20 bits per heavy atom. The Balaban J connectivity index is 3.61. The van der Waals surface area contributed by atoms with Crippen LogP contribution in [0.4, 0.5) is 0 Å². The highest BCUT2D eigenvalue weighted by Crippen LogP contribution is 1.91. The Morgan fingerprint density at radius 3 is 2.50 bits per heavy atom. The van der Waals surface area contributed by atoms with Crippen molar-refractivity contribution in [1.29, 1.82) is 0 Å². The summed E-state index contributed by atoms with van der Waals surface area (Å²) in [5.74, 6) is -0.872. The van der Waals surface area contributed by atoms with Crippen molar-refractivity contribution < 1.29 is 15.0 Å². The first kappa shape index (κ1) is 9.39. The number of carboxylic acid groups (broad SMARTS) is 1. The van der Waals surface area contributed by atoms with E-state index in [0.29, 0.717) is 0 Å². The monoisotopic (exact) mass is 147 g/mol. The van der Waals surface area contributed by atoms with Crippen molar-refractivity contribution in [1.82, 2.24) is 4.90 Å². The topological polar surface area (TPSA) is 60.8 Å². The van der Waals surface area contributed by atoms with Crippen molar-refractivity contribution >= 4 is 5.97 Å². The van der Waals surface area contributed by atoms with Crippen molar-refractivity contribution in [2.45, 2.75) is 13.0 Å².